The molecule has 0 aliphatic rings. The maximum Gasteiger partial charge on any atom is 0.335 e. The van der Waals surface area contributed by atoms with Gasteiger partial charge in [0.1, 0.15) is 12.4 Å². The van der Waals surface area contributed by atoms with Crippen LogP contribution in [0, 0.1) is 0 Å². The second kappa shape index (κ2) is 8.49. The van der Waals surface area contributed by atoms with Crippen LogP contribution in [0.3, 0.4) is 0 Å². The Labute approximate surface area is 135 Å². The molecule has 1 heterocycles. The average molecular weight is 340 g/mol. The van der Waals surface area contributed by atoms with E-state index in [4.69, 9.17) is 13.8 Å². The highest BCUT2D eigenvalue weighted by atomic mass is 32.1. The van der Waals surface area contributed by atoms with E-state index < -0.39 is 7.60 Å². The zero-order valence-corrected chi connectivity index (χ0v) is 14.6. The van der Waals surface area contributed by atoms with Gasteiger partial charge in [0.15, 0.2) is 0 Å². The van der Waals surface area contributed by atoms with E-state index in [1.807, 2.05) is 55.6 Å². The van der Waals surface area contributed by atoms with Gasteiger partial charge in [-0.25, -0.2) is 0 Å². The highest BCUT2D eigenvalue weighted by Gasteiger charge is 2.26. The Balaban J connectivity index is 2.04. The third-order valence-electron chi connectivity index (χ3n) is 2.93. The molecule has 0 saturated carbocycles. The van der Waals surface area contributed by atoms with E-state index in [9.17, 15) is 4.57 Å². The molecule has 0 amide bonds. The van der Waals surface area contributed by atoms with E-state index in [0.29, 0.717) is 19.8 Å². The van der Waals surface area contributed by atoms with Crippen molar-refractivity contribution >= 4 is 18.9 Å². The van der Waals surface area contributed by atoms with Gasteiger partial charge in [-0.3, -0.25) is 4.57 Å². The maximum absolute atomic E-state index is 12.6. The second-order valence-corrected chi connectivity index (χ2v) is 7.64. The Morgan fingerprint density at radius 1 is 1.05 bits per heavy atom. The quantitative estimate of drug-likeness (QED) is 0.596. The lowest BCUT2D eigenvalue weighted by atomic mass is 10.2. The summed E-state index contributed by atoms with van der Waals surface area (Å²) in [7, 11) is -3.10. The van der Waals surface area contributed by atoms with E-state index in [-0.39, 0.29) is 6.16 Å². The summed E-state index contributed by atoms with van der Waals surface area (Å²) in [6, 6.07) is 11.8. The highest BCUT2D eigenvalue weighted by molar-refractivity contribution is 7.53. The summed E-state index contributed by atoms with van der Waals surface area (Å²) in [6.07, 6.45) is 0.246. The molecule has 0 atom stereocenters. The average Bonchev–Trinajstić information content (AvgIpc) is 2.93. The fourth-order valence-electron chi connectivity index (χ4n) is 2.01. The van der Waals surface area contributed by atoms with Crippen molar-refractivity contribution in [1.82, 2.24) is 0 Å². The fraction of sp³-hybridized carbons (Fsp3) is 0.375. The van der Waals surface area contributed by atoms with Crippen molar-refractivity contribution in [2.45, 2.75) is 26.6 Å². The minimum Gasteiger partial charge on any atom is -0.488 e. The molecule has 4 nitrogen and oxygen atoms in total. The summed E-state index contributed by atoms with van der Waals surface area (Å²) in [4.78, 5) is 0.890. The Bertz CT molecular complexity index is 602. The number of hydrogen-bond acceptors (Lipinski definition) is 5. The zero-order valence-electron chi connectivity index (χ0n) is 12.9. The van der Waals surface area contributed by atoms with Crippen LogP contribution in [0.15, 0.2) is 41.8 Å². The first kappa shape index (κ1) is 17.2. The SMILES string of the molecule is CCOP(=O)(Cc1sccc1OCc1ccccc1)OCC. The first-order valence-corrected chi connectivity index (χ1v) is 9.89. The molecule has 2 aromatic rings. The molecule has 0 fully saturated rings. The van der Waals surface area contributed by atoms with E-state index in [1.54, 1.807) is 0 Å². The molecule has 22 heavy (non-hydrogen) atoms. The van der Waals surface area contributed by atoms with E-state index in [0.717, 1.165) is 16.2 Å². The van der Waals surface area contributed by atoms with Crippen LogP contribution in [0.5, 0.6) is 5.75 Å². The number of hydrogen-bond donors (Lipinski definition) is 0. The van der Waals surface area contributed by atoms with Crippen molar-refractivity contribution in [2.75, 3.05) is 13.2 Å². The van der Waals surface area contributed by atoms with Crippen LogP contribution >= 0.6 is 18.9 Å². The van der Waals surface area contributed by atoms with Gasteiger partial charge in [-0.15, -0.1) is 11.3 Å². The van der Waals surface area contributed by atoms with Gasteiger partial charge >= 0.3 is 7.60 Å². The molecule has 2 rings (SSSR count). The van der Waals surface area contributed by atoms with E-state index in [2.05, 4.69) is 0 Å². The molecule has 0 spiro atoms. The highest BCUT2D eigenvalue weighted by Crippen LogP contribution is 2.53. The van der Waals surface area contributed by atoms with Crippen molar-refractivity contribution in [2.24, 2.45) is 0 Å². The van der Waals surface area contributed by atoms with Gasteiger partial charge in [-0.1, -0.05) is 30.3 Å². The van der Waals surface area contributed by atoms with Gasteiger partial charge in [0.25, 0.3) is 0 Å². The Kier molecular flexibility index (Phi) is 6.65. The molecule has 1 aromatic carbocycles. The van der Waals surface area contributed by atoms with E-state index >= 15 is 0 Å². The molecular weight excluding hydrogens is 319 g/mol. The van der Waals surface area contributed by atoms with Gasteiger partial charge in [0.05, 0.1) is 24.3 Å². The van der Waals surface area contributed by atoms with Crippen molar-refractivity contribution in [3.63, 3.8) is 0 Å². The molecule has 0 bridgehead atoms. The summed E-state index contributed by atoms with van der Waals surface area (Å²) in [5.74, 6) is 0.744. The van der Waals surface area contributed by atoms with Crippen LogP contribution in [0.1, 0.15) is 24.3 Å². The van der Waals surface area contributed by atoms with Crippen LogP contribution < -0.4 is 4.74 Å². The lowest BCUT2D eigenvalue weighted by Gasteiger charge is -2.17. The largest absolute Gasteiger partial charge is 0.488 e. The summed E-state index contributed by atoms with van der Waals surface area (Å²) in [5.41, 5.74) is 1.09. The minimum absolute atomic E-state index is 0.246. The molecule has 1 aromatic heterocycles. The number of thiophene rings is 1. The predicted molar refractivity (Wildman–Crippen MR) is 89.7 cm³/mol. The first-order chi connectivity index (χ1) is 10.7. The van der Waals surface area contributed by atoms with Crippen molar-refractivity contribution in [1.29, 1.82) is 0 Å². The molecule has 0 radical (unpaired) electrons. The monoisotopic (exact) mass is 340 g/mol. The van der Waals surface area contributed by atoms with Gasteiger partial charge in [-0.2, -0.15) is 0 Å². The molecule has 0 unspecified atom stereocenters. The summed E-state index contributed by atoms with van der Waals surface area (Å²) in [5, 5.41) is 1.93. The number of ether oxygens (including phenoxy) is 1. The summed E-state index contributed by atoms with van der Waals surface area (Å²) in [6.45, 7) is 4.84. The van der Waals surface area contributed by atoms with Crippen LogP contribution in [0.25, 0.3) is 0 Å². The Morgan fingerprint density at radius 2 is 1.73 bits per heavy atom. The van der Waals surface area contributed by atoms with Crippen LogP contribution in [0.4, 0.5) is 0 Å². The normalized spacial score (nSPS) is 11.5. The smallest absolute Gasteiger partial charge is 0.335 e. The molecule has 0 saturated heterocycles. The summed E-state index contributed by atoms with van der Waals surface area (Å²) < 4.78 is 29.1. The molecular formula is C16H21O4PS. The first-order valence-electron chi connectivity index (χ1n) is 7.28. The van der Waals surface area contributed by atoms with Crippen LogP contribution in [-0.4, -0.2) is 13.2 Å². The predicted octanol–water partition coefficient (Wildman–Crippen LogP) is 5.09. The number of benzene rings is 1. The van der Waals surface area contributed by atoms with Gasteiger partial charge in [-0.05, 0) is 30.9 Å². The lowest BCUT2D eigenvalue weighted by molar-refractivity contribution is 0.218. The Hall–Kier alpha value is -1.13. The van der Waals surface area contributed by atoms with Gasteiger partial charge < -0.3 is 13.8 Å². The lowest BCUT2D eigenvalue weighted by Crippen LogP contribution is -2.00. The van der Waals surface area contributed by atoms with Gasteiger partial charge in [0.2, 0.25) is 0 Å². The third kappa shape index (κ3) is 4.96. The number of rotatable bonds is 9. The standard InChI is InChI=1S/C16H21O4PS/c1-3-19-21(17,20-4-2)13-16-15(10-11-22-16)18-12-14-8-6-5-7-9-14/h5-11H,3-4,12-13H2,1-2H3. The molecule has 120 valence electrons. The van der Waals surface area contributed by atoms with E-state index in [1.165, 1.54) is 11.3 Å². The van der Waals surface area contributed by atoms with Crippen molar-refractivity contribution in [3.8, 4) is 5.75 Å². The molecule has 0 aliphatic carbocycles. The third-order valence-corrected chi connectivity index (χ3v) is 6.05. The summed E-state index contributed by atoms with van der Waals surface area (Å²) >= 11 is 1.51. The maximum atomic E-state index is 12.6. The topological polar surface area (TPSA) is 44.8 Å². The Morgan fingerprint density at radius 3 is 2.36 bits per heavy atom. The van der Waals surface area contributed by atoms with Crippen LogP contribution in [0.2, 0.25) is 0 Å². The molecule has 0 aliphatic heterocycles. The molecule has 0 N–H and O–H groups in total. The zero-order chi connectivity index (χ0) is 15.8. The minimum atomic E-state index is -3.10. The van der Waals surface area contributed by atoms with Crippen LogP contribution in [-0.2, 0) is 26.4 Å². The second-order valence-electron chi connectivity index (χ2n) is 4.59. The van der Waals surface area contributed by atoms with Crippen molar-refractivity contribution in [3.05, 3.63) is 52.2 Å². The van der Waals surface area contributed by atoms with Crippen molar-refractivity contribution < 1.29 is 18.3 Å². The molecule has 6 heteroatoms. The van der Waals surface area contributed by atoms with Gasteiger partial charge in [0, 0.05) is 0 Å². The fourth-order valence-corrected chi connectivity index (χ4v) is 4.93.